The second-order valence-electron chi connectivity index (χ2n) is 6.39. The highest BCUT2D eigenvalue weighted by Gasteiger charge is 2.24. The fraction of sp³-hybridized carbons (Fsp3) is 0.625. The maximum absolute atomic E-state index is 9.59. The highest BCUT2D eigenvalue weighted by Crippen LogP contribution is 2.35. The predicted octanol–water partition coefficient (Wildman–Crippen LogP) is 4.41. The van der Waals surface area contributed by atoms with Crippen molar-refractivity contribution in [2.24, 2.45) is 5.41 Å². The Labute approximate surface area is 121 Å². The first kappa shape index (κ1) is 14.7. The van der Waals surface area contributed by atoms with Gasteiger partial charge in [0.2, 0.25) is 0 Å². The quantitative estimate of drug-likeness (QED) is 0.868. The van der Waals surface area contributed by atoms with E-state index < -0.39 is 6.10 Å². The van der Waals surface area contributed by atoms with E-state index in [0.717, 1.165) is 29.4 Å². The van der Waals surface area contributed by atoms with E-state index in [-0.39, 0.29) is 0 Å². The number of halogens is 1. The first-order chi connectivity index (χ1) is 8.89. The summed E-state index contributed by atoms with van der Waals surface area (Å²) in [5.74, 6) is 0. The normalized spacial score (nSPS) is 21.0. The van der Waals surface area contributed by atoms with E-state index in [9.17, 15) is 5.11 Å². The van der Waals surface area contributed by atoms with Crippen molar-refractivity contribution in [1.82, 2.24) is 0 Å². The minimum Gasteiger partial charge on any atom is -0.389 e. The molecule has 1 aromatic carbocycles. The van der Waals surface area contributed by atoms with E-state index in [1.165, 1.54) is 19.3 Å². The lowest BCUT2D eigenvalue weighted by Crippen LogP contribution is -2.25. The van der Waals surface area contributed by atoms with Crippen LogP contribution >= 0.6 is 11.6 Å². The Balaban J connectivity index is 2.18. The third-order valence-corrected chi connectivity index (χ3v) is 4.44. The molecular weight excluding hydrogens is 258 g/mol. The van der Waals surface area contributed by atoms with Gasteiger partial charge in [-0.25, -0.2) is 0 Å². The zero-order valence-electron chi connectivity index (χ0n) is 12.1. The number of hydrogen-bond acceptors (Lipinski definition) is 2. The second kappa shape index (κ2) is 5.72. The molecule has 1 aromatic rings. The highest BCUT2D eigenvalue weighted by atomic mass is 35.5. The van der Waals surface area contributed by atoms with Crippen molar-refractivity contribution in [3.8, 4) is 0 Å². The smallest absolute Gasteiger partial charge is 0.0762 e. The highest BCUT2D eigenvalue weighted by molar-refractivity contribution is 6.33. The van der Waals surface area contributed by atoms with Gasteiger partial charge in [0, 0.05) is 13.1 Å². The fourth-order valence-corrected chi connectivity index (χ4v) is 3.01. The second-order valence-corrected chi connectivity index (χ2v) is 6.80. The summed E-state index contributed by atoms with van der Waals surface area (Å²) in [6, 6.07) is 5.90. The summed E-state index contributed by atoms with van der Waals surface area (Å²) in [6.45, 7) is 8.57. The van der Waals surface area contributed by atoms with Crippen LogP contribution in [0.15, 0.2) is 18.2 Å². The van der Waals surface area contributed by atoms with Gasteiger partial charge in [-0.1, -0.05) is 31.5 Å². The summed E-state index contributed by atoms with van der Waals surface area (Å²) in [7, 11) is 0. The Morgan fingerprint density at radius 1 is 1.26 bits per heavy atom. The minimum atomic E-state index is -0.463. The molecule has 0 aliphatic carbocycles. The largest absolute Gasteiger partial charge is 0.389 e. The van der Waals surface area contributed by atoms with Gasteiger partial charge >= 0.3 is 0 Å². The number of aliphatic hydroxyl groups is 1. The Bertz CT molecular complexity index is 442. The molecule has 1 N–H and O–H groups in total. The van der Waals surface area contributed by atoms with Gasteiger partial charge in [0.25, 0.3) is 0 Å². The molecule has 1 aliphatic rings. The van der Waals surface area contributed by atoms with Crippen LogP contribution in [0.2, 0.25) is 5.02 Å². The molecule has 0 saturated carbocycles. The molecule has 0 spiro atoms. The van der Waals surface area contributed by atoms with Crippen LogP contribution in [-0.4, -0.2) is 18.2 Å². The Morgan fingerprint density at radius 3 is 2.63 bits per heavy atom. The van der Waals surface area contributed by atoms with E-state index in [1.807, 2.05) is 18.2 Å². The van der Waals surface area contributed by atoms with Crippen molar-refractivity contribution in [3.63, 3.8) is 0 Å². The molecule has 19 heavy (non-hydrogen) atoms. The van der Waals surface area contributed by atoms with E-state index in [0.29, 0.717) is 5.41 Å². The summed E-state index contributed by atoms with van der Waals surface area (Å²) in [5, 5.41) is 10.3. The van der Waals surface area contributed by atoms with Gasteiger partial charge < -0.3 is 10.0 Å². The third kappa shape index (κ3) is 3.64. The van der Waals surface area contributed by atoms with Crippen LogP contribution in [0.25, 0.3) is 0 Å². The molecule has 1 aliphatic heterocycles. The molecule has 1 fully saturated rings. The van der Waals surface area contributed by atoms with Gasteiger partial charge in [-0.05, 0) is 49.3 Å². The summed E-state index contributed by atoms with van der Waals surface area (Å²) in [6.07, 6.45) is 3.21. The van der Waals surface area contributed by atoms with Crippen LogP contribution in [0.4, 0.5) is 5.69 Å². The first-order valence-corrected chi connectivity index (χ1v) is 7.49. The van der Waals surface area contributed by atoms with Crippen LogP contribution in [0.3, 0.4) is 0 Å². The number of nitrogens with zero attached hydrogens (tertiary/aromatic N) is 1. The lowest BCUT2D eigenvalue weighted by molar-refractivity contribution is 0.199. The predicted molar refractivity (Wildman–Crippen MR) is 81.9 cm³/mol. The van der Waals surface area contributed by atoms with Gasteiger partial charge in [-0.3, -0.25) is 0 Å². The van der Waals surface area contributed by atoms with Gasteiger partial charge in [0.15, 0.2) is 0 Å². The van der Waals surface area contributed by atoms with E-state index in [4.69, 9.17) is 11.6 Å². The number of rotatable bonds is 2. The van der Waals surface area contributed by atoms with E-state index >= 15 is 0 Å². The van der Waals surface area contributed by atoms with Gasteiger partial charge in [0.1, 0.15) is 0 Å². The maximum atomic E-state index is 9.59. The first-order valence-electron chi connectivity index (χ1n) is 7.11. The molecule has 1 atom stereocenters. The van der Waals surface area contributed by atoms with E-state index in [1.54, 1.807) is 6.92 Å². The zero-order chi connectivity index (χ0) is 14.0. The Kier molecular flexibility index (Phi) is 4.42. The van der Waals surface area contributed by atoms with Crippen molar-refractivity contribution >= 4 is 17.3 Å². The number of benzene rings is 1. The van der Waals surface area contributed by atoms with Crippen LogP contribution < -0.4 is 4.90 Å². The lowest BCUT2D eigenvalue weighted by atomic mass is 9.85. The standard InChI is InChI=1S/C16H24ClNO/c1-12(19)13-5-6-15(14(17)11-13)18-9-4-7-16(2,3)8-10-18/h5-6,11-12,19H,4,7-10H2,1-3H3. The average Bonchev–Trinajstić information content (AvgIpc) is 2.50. The molecule has 1 saturated heterocycles. The molecule has 106 valence electrons. The number of aliphatic hydroxyl groups excluding tert-OH is 1. The van der Waals surface area contributed by atoms with Crippen molar-refractivity contribution in [2.75, 3.05) is 18.0 Å². The Hall–Kier alpha value is -0.730. The SMILES string of the molecule is CC(O)c1ccc(N2CCCC(C)(C)CC2)c(Cl)c1. The summed E-state index contributed by atoms with van der Waals surface area (Å²) >= 11 is 6.38. The molecule has 0 bridgehead atoms. The molecule has 1 heterocycles. The summed E-state index contributed by atoms with van der Waals surface area (Å²) < 4.78 is 0. The summed E-state index contributed by atoms with van der Waals surface area (Å²) in [4.78, 5) is 2.38. The Morgan fingerprint density at radius 2 is 2.00 bits per heavy atom. The third-order valence-electron chi connectivity index (χ3n) is 4.13. The van der Waals surface area contributed by atoms with Crippen molar-refractivity contribution < 1.29 is 5.11 Å². The molecule has 3 heteroatoms. The molecule has 0 radical (unpaired) electrons. The fourth-order valence-electron chi connectivity index (χ4n) is 2.70. The minimum absolute atomic E-state index is 0.431. The monoisotopic (exact) mass is 281 g/mol. The molecule has 0 aromatic heterocycles. The maximum Gasteiger partial charge on any atom is 0.0762 e. The van der Waals surface area contributed by atoms with E-state index in [2.05, 4.69) is 18.7 Å². The van der Waals surface area contributed by atoms with Gasteiger partial charge in [-0.15, -0.1) is 0 Å². The molecular formula is C16H24ClNO. The van der Waals surface area contributed by atoms with Crippen molar-refractivity contribution in [2.45, 2.75) is 46.1 Å². The zero-order valence-corrected chi connectivity index (χ0v) is 12.9. The van der Waals surface area contributed by atoms with Crippen LogP contribution in [-0.2, 0) is 0 Å². The van der Waals surface area contributed by atoms with Crippen LogP contribution in [0.5, 0.6) is 0 Å². The van der Waals surface area contributed by atoms with Crippen LogP contribution in [0, 0.1) is 5.41 Å². The molecule has 2 nitrogen and oxygen atoms in total. The van der Waals surface area contributed by atoms with Crippen molar-refractivity contribution in [1.29, 1.82) is 0 Å². The topological polar surface area (TPSA) is 23.5 Å². The number of anilines is 1. The van der Waals surface area contributed by atoms with Gasteiger partial charge in [0.05, 0.1) is 16.8 Å². The van der Waals surface area contributed by atoms with Crippen LogP contribution in [0.1, 0.15) is 51.7 Å². The summed E-state index contributed by atoms with van der Waals surface area (Å²) in [5.41, 5.74) is 2.41. The van der Waals surface area contributed by atoms with Gasteiger partial charge in [-0.2, -0.15) is 0 Å². The average molecular weight is 282 g/mol. The van der Waals surface area contributed by atoms with Crippen molar-refractivity contribution in [3.05, 3.63) is 28.8 Å². The molecule has 2 rings (SSSR count). The molecule has 0 amide bonds. The number of hydrogen-bond donors (Lipinski definition) is 1. The lowest BCUT2D eigenvalue weighted by Gasteiger charge is -2.26. The molecule has 1 unspecified atom stereocenters.